The van der Waals surface area contributed by atoms with Crippen LogP contribution in [0.15, 0.2) is 30.3 Å². The normalized spacial score (nSPS) is 12.0. The second kappa shape index (κ2) is 7.06. The van der Waals surface area contributed by atoms with E-state index in [0.717, 1.165) is 0 Å². The lowest BCUT2D eigenvalue weighted by molar-refractivity contribution is 0.102. The lowest BCUT2D eigenvalue weighted by Gasteiger charge is -2.13. The van der Waals surface area contributed by atoms with Crippen LogP contribution < -0.4 is 23.7 Å². The predicted molar refractivity (Wildman–Crippen MR) is 94.8 cm³/mol. The molecule has 10 nitrogen and oxygen atoms in total. The minimum atomic E-state index is -0.415. The fraction of sp³-hybridized carbons (Fsp3) is 0.222. The van der Waals surface area contributed by atoms with Gasteiger partial charge in [-0.05, 0) is 34.7 Å². The topological polar surface area (TPSA) is 107 Å². The van der Waals surface area contributed by atoms with Crippen molar-refractivity contribution >= 4 is 5.78 Å². The first kappa shape index (κ1) is 17.6. The number of ketones is 1. The molecule has 0 saturated carbocycles. The van der Waals surface area contributed by atoms with Crippen molar-refractivity contribution in [1.29, 1.82) is 0 Å². The summed E-state index contributed by atoms with van der Waals surface area (Å²) in [6.45, 7) is 0.144. The minimum absolute atomic E-state index is 0.0214. The van der Waals surface area contributed by atoms with Crippen LogP contribution in [0, 0.1) is 0 Å². The summed E-state index contributed by atoms with van der Waals surface area (Å²) < 4.78 is 27.9. The summed E-state index contributed by atoms with van der Waals surface area (Å²) in [7, 11) is 4.44. The predicted octanol–water partition coefficient (Wildman–Crippen LogP) is 1.65. The number of ether oxygens (including phenoxy) is 5. The molecule has 1 aliphatic heterocycles. The van der Waals surface area contributed by atoms with Crippen LogP contribution in [-0.4, -0.2) is 54.1 Å². The molecule has 0 unspecified atom stereocenters. The summed E-state index contributed by atoms with van der Waals surface area (Å²) in [4.78, 5) is 13.1. The molecule has 3 aromatic rings. The zero-order chi connectivity index (χ0) is 19.7. The molecule has 0 N–H and O–H groups in total. The van der Waals surface area contributed by atoms with Crippen molar-refractivity contribution in [3.8, 4) is 34.4 Å². The first-order chi connectivity index (χ1) is 13.7. The summed E-state index contributed by atoms with van der Waals surface area (Å²) in [6.07, 6.45) is 0. The van der Waals surface area contributed by atoms with E-state index in [1.54, 1.807) is 30.3 Å². The number of carbonyl (C=O) groups is 1. The second-order valence-electron chi connectivity index (χ2n) is 5.69. The summed E-state index contributed by atoms with van der Waals surface area (Å²) in [6, 6.07) is 8.25. The zero-order valence-corrected chi connectivity index (χ0v) is 15.3. The van der Waals surface area contributed by atoms with Crippen molar-refractivity contribution in [2.24, 2.45) is 0 Å². The molecule has 0 spiro atoms. The van der Waals surface area contributed by atoms with Crippen LogP contribution in [0.4, 0.5) is 0 Å². The van der Waals surface area contributed by atoms with Crippen LogP contribution in [0.25, 0.3) is 5.69 Å². The molecule has 2 heterocycles. The van der Waals surface area contributed by atoms with Crippen molar-refractivity contribution in [3.05, 3.63) is 41.7 Å². The molecule has 0 fully saturated rings. The zero-order valence-electron chi connectivity index (χ0n) is 15.3. The van der Waals surface area contributed by atoms with Gasteiger partial charge in [0.15, 0.2) is 23.0 Å². The number of fused-ring (bicyclic) bond motifs is 1. The first-order valence-corrected chi connectivity index (χ1v) is 8.19. The molecule has 0 bridgehead atoms. The molecular formula is C18H16N4O6. The number of aromatic nitrogens is 4. The Bertz CT molecular complexity index is 1020. The van der Waals surface area contributed by atoms with Gasteiger partial charge in [0, 0.05) is 11.6 Å². The summed E-state index contributed by atoms with van der Waals surface area (Å²) >= 11 is 0. The van der Waals surface area contributed by atoms with Gasteiger partial charge in [-0.2, -0.15) is 4.68 Å². The van der Waals surface area contributed by atoms with Gasteiger partial charge in [0.05, 0.1) is 27.0 Å². The van der Waals surface area contributed by atoms with Crippen molar-refractivity contribution in [2.45, 2.75) is 0 Å². The highest BCUT2D eigenvalue weighted by Gasteiger charge is 2.24. The van der Waals surface area contributed by atoms with Crippen LogP contribution in [-0.2, 0) is 0 Å². The monoisotopic (exact) mass is 384 g/mol. The standard InChI is InChI=1S/C18H16N4O6/c1-24-14-6-10(7-15(25-2)17(14)26-3)16(23)18-19-20-21-22(18)11-4-5-12-13(8-11)28-9-27-12/h4-8H,9H2,1-3H3. The van der Waals surface area contributed by atoms with E-state index >= 15 is 0 Å². The average Bonchev–Trinajstić information content (AvgIpc) is 3.40. The average molecular weight is 384 g/mol. The first-order valence-electron chi connectivity index (χ1n) is 8.19. The molecule has 2 aromatic carbocycles. The third-order valence-electron chi connectivity index (χ3n) is 4.20. The Morgan fingerprint density at radius 3 is 2.39 bits per heavy atom. The Hall–Kier alpha value is -3.82. The van der Waals surface area contributed by atoms with Gasteiger partial charge < -0.3 is 23.7 Å². The van der Waals surface area contributed by atoms with E-state index < -0.39 is 5.78 Å². The van der Waals surface area contributed by atoms with Crippen molar-refractivity contribution in [2.75, 3.05) is 28.1 Å². The number of hydrogen-bond acceptors (Lipinski definition) is 9. The Morgan fingerprint density at radius 1 is 1.00 bits per heavy atom. The third-order valence-corrected chi connectivity index (χ3v) is 4.20. The molecule has 1 aliphatic rings. The lowest BCUT2D eigenvalue weighted by Crippen LogP contribution is -2.12. The Balaban J connectivity index is 1.75. The molecule has 1 aromatic heterocycles. The van der Waals surface area contributed by atoms with Gasteiger partial charge >= 0.3 is 0 Å². The van der Waals surface area contributed by atoms with E-state index in [0.29, 0.717) is 34.4 Å². The van der Waals surface area contributed by atoms with E-state index in [-0.39, 0.29) is 18.2 Å². The number of tetrazole rings is 1. The molecule has 0 aliphatic carbocycles. The number of carbonyl (C=O) groups excluding carboxylic acids is 1. The highest BCUT2D eigenvalue weighted by molar-refractivity contribution is 6.07. The van der Waals surface area contributed by atoms with Gasteiger partial charge in [0.25, 0.3) is 0 Å². The molecule has 0 radical (unpaired) electrons. The van der Waals surface area contributed by atoms with E-state index in [2.05, 4.69) is 15.5 Å². The molecule has 0 amide bonds. The Labute approximate surface area is 159 Å². The molecule has 10 heteroatoms. The minimum Gasteiger partial charge on any atom is -0.493 e. The molecule has 0 saturated heterocycles. The SMILES string of the molecule is COc1cc(C(=O)c2nnnn2-c2ccc3c(c2)OCO3)cc(OC)c1OC. The smallest absolute Gasteiger partial charge is 0.232 e. The van der Waals surface area contributed by atoms with E-state index in [1.165, 1.54) is 26.0 Å². The molecular weight excluding hydrogens is 368 g/mol. The van der Waals surface area contributed by atoms with E-state index in [1.807, 2.05) is 0 Å². The number of benzene rings is 2. The maximum atomic E-state index is 13.1. The summed E-state index contributed by atoms with van der Waals surface area (Å²) in [5, 5.41) is 11.5. The highest BCUT2D eigenvalue weighted by Crippen LogP contribution is 2.39. The van der Waals surface area contributed by atoms with Gasteiger partial charge in [-0.1, -0.05) is 0 Å². The fourth-order valence-electron chi connectivity index (χ4n) is 2.86. The van der Waals surface area contributed by atoms with Crippen LogP contribution >= 0.6 is 0 Å². The van der Waals surface area contributed by atoms with Gasteiger partial charge in [-0.3, -0.25) is 4.79 Å². The summed E-state index contributed by atoms with van der Waals surface area (Å²) in [5.74, 6) is 1.88. The fourth-order valence-corrected chi connectivity index (χ4v) is 2.86. The van der Waals surface area contributed by atoms with E-state index in [9.17, 15) is 4.79 Å². The molecule has 0 atom stereocenters. The van der Waals surface area contributed by atoms with Gasteiger partial charge in [0.1, 0.15) is 0 Å². The number of hydrogen-bond donors (Lipinski definition) is 0. The second-order valence-corrected chi connectivity index (χ2v) is 5.69. The molecule has 144 valence electrons. The lowest BCUT2D eigenvalue weighted by atomic mass is 10.1. The van der Waals surface area contributed by atoms with Gasteiger partial charge in [-0.15, -0.1) is 5.10 Å². The number of nitrogens with zero attached hydrogens (tertiary/aromatic N) is 4. The maximum absolute atomic E-state index is 13.1. The van der Waals surface area contributed by atoms with Crippen LogP contribution in [0.5, 0.6) is 28.7 Å². The van der Waals surface area contributed by atoms with Crippen molar-refractivity contribution < 1.29 is 28.5 Å². The van der Waals surface area contributed by atoms with Crippen LogP contribution in [0.1, 0.15) is 16.2 Å². The Kier molecular flexibility index (Phi) is 4.44. The number of methoxy groups -OCH3 is 3. The number of rotatable bonds is 6. The summed E-state index contributed by atoms with van der Waals surface area (Å²) in [5.41, 5.74) is 0.844. The third kappa shape index (κ3) is 2.84. The quantitative estimate of drug-likeness (QED) is 0.586. The van der Waals surface area contributed by atoms with Gasteiger partial charge in [-0.25, -0.2) is 0 Å². The largest absolute Gasteiger partial charge is 0.493 e. The molecule has 28 heavy (non-hydrogen) atoms. The maximum Gasteiger partial charge on any atom is 0.232 e. The Morgan fingerprint density at radius 2 is 1.71 bits per heavy atom. The highest BCUT2D eigenvalue weighted by atomic mass is 16.7. The molecule has 4 rings (SSSR count). The van der Waals surface area contributed by atoms with Crippen LogP contribution in [0.3, 0.4) is 0 Å². The van der Waals surface area contributed by atoms with Crippen molar-refractivity contribution in [3.63, 3.8) is 0 Å². The van der Waals surface area contributed by atoms with Gasteiger partial charge in [0.2, 0.25) is 24.2 Å². The van der Waals surface area contributed by atoms with Crippen molar-refractivity contribution in [1.82, 2.24) is 20.2 Å². The van der Waals surface area contributed by atoms with E-state index in [4.69, 9.17) is 23.7 Å². The van der Waals surface area contributed by atoms with Crippen LogP contribution in [0.2, 0.25) is 0 Å².